The van der Waals surface area contributed by atoms with E-state index in [1.54, 1.807) is 35.8 Å². The lowest BCUT2D eigenvalue weighted by molar-refractivity contribution is -0.115. The molecule has 0 aliphatic rings. The number of rotatable bonds is 7. The number of anilines is 2. The van der Waals surface area contributed by atoms with Gasteiger partial charge in [-0.3, -0.25) is 24.4 Å². The van der Waals surface area contributed by atoms with Gasteiger partial charge in [0.1, 0.15) is 0 Å². The Morgan fingerprint density at radius 2 is 1.29 bits per heavy atom. The van der Waals surface area contributed by atoms with Gasteiger partial charge in [0, 0.05) is 36.3 Å². The average Bonchev–Trinajstić information content (AvgIpc) is 2.70. The van der Waals surface area contributed by atoms with Crippen molar-refractivity contribution in [3.05, 3.63) is 59.2 Å². The van der Waals surface area contributed by atoms with Crippen LogP contribution in [0, 0.1) is 5.92 Å². The molecule has 0 spiro atoms. The Balaban J connectivity index is 2.32. The molecule has 0 aliphatic heterocycles. The van der Waals surface area contributed by atoms with Crippen LogP contribution in [0.1, 0.15) is 60.0 Å². The van der Waals surface area contributed by atoms with Crippen LogP contribution >= 0.6 is 0 Å². The van der Waals surface area contributed by atoms with Gasteiger partial charge in [-0.15, -0.1) is 0 Å². The van der Waals surface area contributed by atoms with E-state index in [0.717, 1.165) is 5.56 Å². The van der Waals surface area contributed by atoms with Crippen molar-refractivity contribution in [3.8, 4) is 0 Å². The standard InChI is InChI=1S/C22H26N4O5/c1-12(2)20(15-5-7-16(8-6-15)22(30)26-31)25-21(29)17-9-18(23-13(3)27)11-19(10-17)24-14(4)28/h5-12,20,31H,1-4H3,(H,23,27)(H,24,28)(H,25,29)(H,26,30). The fourth-order valence-corrected chi connectivity index (χ4v) is 3.08. The number of hydroxylamine groups is 1. The predicted octanol–water partition coefficient (Wildman–Crippen LogP) is 2.85. The van der Waals surface area contributed by atoms with E-state index in [-0.39, 0.29) is 34.9 Å². The largest absolute Gasteiger partial charge is 0.345 e. The third kappa shape index (κ3) is 6.65. The molecule has 0 aromatic heterocycles. The van der Waals surface area contributed by atoms with Crippen molar-refractivity contribution >= 4 is 35.0 Å². The maximum absolute atomic E-state index is 13.0. The Hall–Kier alpha value is -3.72. The van der Waals surface area contributed by atoms with E-state index in [9.17, 15) is 19.2 Å². The fourth-order valence-electron chi connectivity index (χ4n) is 3.08. The minimum Gasteiger partial charge on any atom is -0.345 e. The van der Waals surface area contributed by atoms with Gasteiger partial charge in [-0.1, -0.05) is 26.0 Å². The normalized spacial score (nSPS) is 11.4. The summed E-state index contributed by atoms with van der Waals surface area (Å²) in [5.41, 5.74) is 3.65. The molecule has 2 aromatic rings. The van der Waals surface area contributed by atoms with Crippen molar-refractivity contribution < 1.29 is 24.4 Å². The fraction of sp³-hybridized carbons (Fsp3) is 0.273. The number of amides is 4. The molecule has 0 saturated carbocycles. The van der Waals surface area contributed by atoms with Gasteiger partial charge in [-0.25, -0.2) is 5.48 Å². The molecule has 164 valence electrons. The van der Waals surface area contributed by atoms with Gasteiger partial charge in [0.2, 0.25) is 11.8 Å². The Morgan fingerprint density at radius 3 is 1.71 bits per heavy atom. The zero-order valence-corrected chi connectivity index (χ0v) is 17.8. The summed E-state index contributed by atoms with van der Waals surface area (Å²) in [7, 11) is 0. The SMILES string of the molecule is CC(=O)Nc1cc(NC(C)=O)cc(C(=O)NC(c2ccc(C(=O)NO)cc2)C(C)C)c1. The van der Waals surface area contributed by atoms with Crippen molar-refractivity contribution in [2.24, 2.45) is 5.92 Å². The molecule has 9 heteroatoms. The number of benzene rings is 2. The molecule has 1 atom stereocenters. The Kier molecular flexibility index (Phi) is 7.87. The zero-order chi connectivity index (χ0) is 23.1. The second-order valence-corrected chi connectivity index (χ2v) is 7.42. The molecule has 5 N–H and O–H groups in total. The van der Waals surface area contributed by atoms with Crippen LogP contribution in [0.4, 0.5) is 11.4 Å². The van der Waals surface area contributed by atoms with Gasteiger partial charge in [0.05, 0.1) is 6.04 Å². The van der Waals surface area contributed by atoms with Crippen LogP contribution in [-0.4, -0.2) is 28.8 Å². The first kappa shape index (κ1) is 23.6. The predicted molar refractivity (Wildman–Crippen MR) is 116 cm³/mol. The van der Waals surface area contributed by atoms with E-state index < -0.39 is 11.8 Å². The van der Waals surface area contributed by atoms with Gasteiger partial charge in [-0.2, -0.15) is 0 Å². The summed E-state index contributed by atoms with van der Waals surface area (Å²) in [6, 6.07) is 10.7. The third-order valence-corrected chi connectivity index (χ3v) is 4.42. The number of nitrogens with one attached hydrogen (secondary N) is 4. The molecule has 0 saturated heterocycles. The summed E-state index contributed by atoms with van der Waals surface area (Å²) in [4.78, 5) is 47.4. The number of carbonyl (C=O) groups excluding carboxylic acids is 4. The molecule has 0 heterocycles. The molecular formula is C22H26N4O5. The maximum atomic E-state index is 13.0. The third-order valence-electron chi connectivity index (χ3n) is 4.42. The van der Waals surface area contributed by atoms with E-state index in [2.05, 4.69) is 16.0 Å². The smallest absolute Gasteiger partial charge is 0.274 e. The molecule has 0 bridgehead atoms. The highest BCUT2D eigenvalue weighted by Gasteiger charge is 2.20. The summed E-state index contributed by atoms with van der Waals surface area (Å²) in [5, 5.41) is 16.9. The topological polar surface area (TPSA) is 137 Å². The molecule has 2 aromatic carbocycles. The number of hydrogen-bond donors (Lipinski definition) is 5. The first-order valence-electron chi connectivity index (χ1n) is 9.66. The summed E-state index contributed by atoms with van der Waals surface area (Å²) in [5.74, 6) is -1.61. The lowest BCUT2D eigenvalue weighted by atomic mass is 9.94. The zero-order valence-electron chi connectivity index (χ0n) is 17.8. The van der Waals surface area contributed by atoms with Crippen LogP contribution < -0.4 is 21.4 Å². The molecular weight excluding hydrogens is 400 g/mol. The summed E-state index contributed by atoms with van der Waals surface area (Å²) in [6.45, 7) is 6.58. The van der Waals surface area contributed by atoms with Crippen LogP contribution in [0.15, 0.2) is 42.5 Å². The first-order valence-corrected chi connectivity index (χ1v) is 9.66. The number of carbonyl (C=O) groups is 4. The molecule has 31 heavy (non-hydrogen) atoms. The van der Waals surface area contributed by atoms with E-state index in [4.69, 9.17) is 5.21 Å². The highest BCUT2D eigenvalue weighted by atomic mass is 16.5. The van der Waals surface area contributed by atoms with Gasteiger partial charge in [0.25, 0.3) is 11.8 Å². The van der Waals surface area contributed by atoms with Gasteiger partial charge < -0.3 is 16.0 Å². The maximum Gasteiger partial charge on any atom is 0.274 e. The van der Waals surface area contributed by atoms with Crippen LogP contribution in [0.2, 0.25) is 0 Å². The highest BCUT2D eigenvalue weighted by molar-refractivity contribution is 6.00. The Bertz CT molecular complexity index is 952. The van der Waals surface area contributed by atoms with E-state index in [1.165, 1.54) is 26.0 Å². The molecule has 0 fully saturated rings. The molecule has 0 aliphatic carbocycles. The molecule has 2 rings (SSSR count). The molecule has 9 nitrogen and oxygen atoms in total. The lowest BCUT2D eigenvalue weighted by Crippen LogP contribution is -2.32. The summed E-state index contributed by atoms with van der Waals surface area (Å²) < 4.78 is 0. The van der Waals surface area contributed by atoms with Crippen LogP contribution in [-0.2, 0) is 9.59 Å². The number of hydrogen-bond acceptors (Lipinski definition) is 5. The summed E-state index contributed by atoms with van der Waals surface area (Å²) in [6.07, 6.45) is 0. The average molecular weight is 426 g/mol. The van der Waals surface area contributed by atoms with Gasteiger partial charge in [-0.05, 0) is 41.8 Å². The monoisotopic (exact) mass is 426 g/mol. The van der Waals surface area contributed by atoms with E-state index in [1.807, 2.05) is 13.8 Å². The van der Waals surface area contributed by atoms with Crippen LogP contribution in [0.3, 0.4) is 0 Å². The summed E-state index contributed by atoms with van der Waals surface area (Å²) >= 11 is 0. The Labute approximate surface area is 180 Å². The van der Waals surface area contributed by atoms with Crippen molar-refractivity contribution in [2.45, 2.75) is 33.7 Å². The second kappa shape index (κ2) is 10.4. The molecule has 0 radical (unpaired) electrons. The molecule has 1 unspecified atom stereocenters. The molecule has 4 amide bonds. The van der Waals surface area contributed by atoms with E-state index >= 15 is 0 Å². The van der Waals surface area contributed by atoms with Gasteiger partial charge >= 0.3 is 0 Å². The van der Waals surface area contributed by atoms with Crippen LogP contribution in [0.25, 0.3) is 0 Å². The van der Waals surface area contributed by atoms with E-state index in [0.29, 0.717) is 11.4 Å². The highest BCUT2D eigenvalue weighted by Crippen LogP contribution is 2.24. The lowest BCUT2D eigenvalue weighted by Gasteiger charge is -2.23. The minimum absolute atomic E-state index is 0.0230. The van der Waals surface area contributed by atoms with Crippen LogP contribution in [0.5, 0.6) is 0 Å². The van der Waals surface area contributed by atoms with Crippen molar-refractivity contribution in [3.63, 3.8) is 0 Å². The van der Waals surface area contributed by atoms with Crippen molar-refractivity contribution in [2.75, 3.05) is 10.6 Å². The quantitative estimate of drug-likeness (QED) is 0.342. The van der Waals surface area contributed by atoms with Crippen molar-refractivity contribution in [1.82, 2.24) is 10.8 Å². The van der Waals surface area contributed by atoms with Crippen molar-refractivity contribution in [1.29, 1.82) is 0 Å². The minimum atomic E-state index is -0.628. The Morgan fingerprint density at radius 1 is 0.774 bits per heavy atom. The van der Waals surface area contributed by atoms with Gasteiger partial charge in [0.15, 0.2) is 0 Å². The first-order chi connectivity index (χ1) is 14.6. The second-order valence-electron chi connectivity index (χ2n) is 7.42.